The lowest BCUT2D eigenvalue weighted by molar-refractivity contribution is 0.0937. The van der Waals surface area contributed by atoms with Gasteiger partial charge in [-0.1, -0.05) is 48.9 Å². The van der Waals surface area contributed by atoms with Crippen LogP contribution in [0.1, 0.15) is 52.8 Å². The molecule has 33 heavy (non-hydrogen) atoms. The van der Waals surface area contributed by atoms with Crippen LogP contribution in [-0.4, -0.2) is 22.1 Å². The number of nitrogens with one attached hydrogen (secondary N) is 1. The predicted octanol–water partition coefficient (Wildman–Crippen LogP) is 5.79. The normalized spacial score (nSPS) is 12.0. The second kappa shape index (κ2) is 9.90. The molecule has 5 heteroatoms. The van der Waals surface area contributed by atoms with Crippen LogP contribution in [0.25, 0.3) is 11.0 Å². The van der Waals surface area contributed by atoms with Crippen LogP contribution >= 0.6 is 0 Å². The third-order valence-corrected chi connectivity index (χ3v) is 5.96. The summed E-state index contributed by atoms with van der Waals surface area (Å²) in [5, 5.41) is 3.13. The molecule has 0 saturated carbocycles. The predicted molar refractivity (Wildman–Crippen MR) is 133 cm³/mol. The van der Waals surface area contributed by atoms with Gasteiger partial charge in [-0.3, -0.25) is 4.79 Å². The van der Waals surface area contributed by atoms with Crippen LogP contribution in [0.5, 0.6) is 5.75 Å². The van der Waals surface area contributed by atoms with Gasteiger partial charge in [0.15, 0.2) is 0 Å². The van der Waals surface area contributed by atoms with Crippen molar-refractivity contribution < 1.29 is 9.53 Å². The van der Waals surface area contributed by atoms with Gasteiger partial charge in [-0.2, -0.15) is 0 Å². The monoisotopic (exact) mass is 441 g/mol. The Morgan fingerprint density at radius 1 is 1.06 bits per heavy atom. The molecule has 1 amide bonds. The second-order valence-electron chi connectivity index (χ2n) is 8.47. The number of para-hydroxylation sites is 2. The van der Waals surface area contributed by atoms with Crippen LogP contribution < -0.4 is 10.1 Å². The summed E-state index contributed by atoms with van der Waals surface area (Å²) in [6.07, 6.45) is 1.01. The smallest absolute Gasteiger partial charge is 0.252 e. The Balaban J connectivity index is 1.52. The fourth-order valence-electron chi connectivity index (χ4n) is 4.14. The standard InChI is InChI=1S/C28H31N3O2/c1-5-22-11-13-23(14-12-22)33-17-16-31-26-9-7-6-8-25(26)30-27(31)21(4)29-28(32)24-15-10-19(2)18-20(24)3/h6-15,18,21H,5,16-17H2,1-4H3,(H,29,32). The molecule has 0 aliphatic heterocycles. The van der Waals surface area contributed by atoms with E-state index in [9.17, 15) is 4.79 Å². The number of ether oxygens (including phenoxy) is 1. The molecule has 0 spiro atoms. The zero-order chi connectivity index (χ0) is 23.4. The fourth-order valence-corrected chi connectivity index (χ4v) is 4.14. The molecular formula is C28H31N3O2. The van der Waals surface area contributed by atoms with Gasteiger partial charge in [0, 0.05) is 5.56 Å². The molecule has 1 unspecified atom stereocenters. The zero-order valence-electron chi connectivity index (χ0n) is 19.8. The molecule has 1 heterocycles. The molecule has 1 atom stereocenters. The zero-order valence-corrected chi connectivity index (χ0v) is 19.8. The third-order valence-electron chi connectivity index (χ3n) is 5.96. The maximum Gasteiger partial charge on any atom is 0.252 e. The van der Waals surface area contributed by atoms with Gasteiger partial charge in [0.1, 0.15) is 18.2 Å². The van der Waals surface area contributed by atoms with E-state index in [1.54, 1.807) is 0 Å². The van der Waals surface area contributed by atoms with Crippen LogP contribution in [0.15, 0.2) is 66.7 Å². The first-order valence-corrected chi connectivity index (χ1v) is 11.5. The molecule has 0 bridgehead atoms. The first-order chi connectivity index (χ1) is 16.0. The average Bonchev–Trinajstić information content (AvgIpc) is 3.18. The number of aryl methyl sites for hydroxylation is 3. The molecule has 1 N–H and O–H groups in total. The van der Waals surface area contributed by atoms with E-state index < -0.39 is 0 Å². The Labute approximate surface area is 195 Å². The van der Waals surface area contributed by atoms with Crippen molar-refractivity contribution in [3.8, 4) is 5.75 Å². The molecule has 0 saturated heterocycles. The van der Waals surface area contributed by atoms with Crippen molar-refractivity contribution in [1.29, 1.82) is 0 Å². The van der Waals surface area contributed by atoms with Gasteiger partial charge >= 0.3 is 0 Å². The van der Waals surface area contributed by atoms with E-state index in [0.29, 0.717) is 18.7 Å². The van der Waals surface area contributed by atoms with Crippen molar-refractivity contribution in [2.75, 3.05) is 6.61 Å². The second-order valence-corrected chi connectivity index (χ2v) is 8.47. The summed E-state index contributed by atoms with van der Waals surface area (Å²) in [5.74, 6) is 1.58. The minimum Gasteiger partial charge on any atom is -0.492 e. The summed E-state index contributed by atoms with van der Waals surface area (Å²) in [4.78, 5) is 17.8. The first kappa shape index (κ1) is 22.6. The van der Waals surface area contributed by atoms with Gasteiger partial charge in [0.25, 0.3) is 5.91 Å². The maximum atomic E-state index is 13.0. The Bertz CT molecular complexity index is 1260. The minimum atomic E-state index is -0.255. The highest BCUT2D eigenvalue weighted by Gasteiger charge is 2.20. The molecular weight excluding hydrogens is 410 g/mol. The molecule has 170 valence electrons. The van der Waals surface area contributed by atoms with E-state index in [1.807, 2.05) is 69.3 Å². The van der Waals surface area contributed by atoms with Gasteiger partial charge in [0.05, 0.1) is 23.6 Å². The summed E-state index contributed by atoms with van der Waals surface area (Å²) in [7, 11) is 0. The van der Waals surface area contributed by atoms with Crippen molar-refractivity contribution in [3.05, 3.63) is 94.8 Å². The van der Waals surface area contributed by atoms with Crippen molar-refractivity contribution in [2.24, 2.45) is 0 Å². The van der Waals surface area contributed by atoms with E-state index in [1.165, 1.54) is 5.56 Å². The highest BCUT2D eigenvalue weighted by Crippen LogP contribution is 2.22. The van der Waals surface area contributed by atoms with E-state index in [0.717, 1.165) is 40.2 Å². The summed E-state index contributed by atoms with van der Waals surface area (Å²) in [5.41, 5.74) is 6.03. The Morgan fingerprint density at radius 3 is 2.55 bits per heavy atom. The molecule has 5 nitrogen and oxygen atoms in total. The highest BCUT2D eigenvalue weighted by molar-refractivity contribution is 5.96. The van der Waals surface area contributed by atoms with Gasteiger partial charge in [-0.05, 0) is 68.7 Å². The molecule has 4 rings (SSSR count). The molecule has 0 radical (unpaired) electrons. The molecule has 0 aliphatic carbocycles. The van der Waals surface area contributed by atoms with E-state index in [2.05, 4.69) is 35.0 Å². The number of nitrogens with zero attached hydrogens (tertiary/aromatic N) is 2. The maximum absolute atomic E-state index is 13.0. The van der Waals surface area contributed by atoms with Crippen LogP contribution in [0.3, 0.4) is 0 Å². The van der Waals surface area contributed by atoms with Crippen LogP contribution in [0.2, 0.25) is 0 Å². The first-order valence-electron chi connectivity index (χ1n) is 11.5. The summed E-state index contributed by atoms with van der Waals surface area (Å²) >= 11 is 0. The van der Waals surface area contributed by atoms with Gasteiger partial charge in [-0.25, -0.2) is 4.98 Å². The number of rotatable bonds is 8. The SMILES string of the molecule is CCc1ccc(OCCn2c(C(C)NC(=O)c3ccc(C)cc3C)nc3ccccc32)cc1. The number of fused-ring (bicyclic) bond motifs is 1. The average molecular weight is 442 g/mol. The molecule has 0 aliphatic rings. The fraction of sp³-hybridized carbons (Fsp3) is 0.286. The largest absolute Gasteiger partial charge is 0.492 e. The number of carbonyl (C=O) groups is 1. The van der Waals surface area contributed by atoms with Gasteiger partial charge in [-0.15, -0.1) is 0 Å². The van der Waals surface area contributed by atoms with E-state index in [-0.39, 0.29) is 11.9 Å². The molecule has 0 fully saturated rings. The topological polar surface area (TPSA) is 56.1 Å². The summed E-state index contributed by atoms with van der Waals surface area (Å²) in [6.45, 7) is 9.25. The lowest BCUT2D eigenvalue weighted by Gasteiger charge is -2.17. The summed E-state index contributed by atoms with van der Waals surface area (Å²) < 4.78 is 8.15. The van der Waals surface area contributed by atoms with Gasteiger partial charge in [0.2, 0.25) is 0 Å². The highest BCUT2D eigenvalue weighted by atomic mass is 16.5. The lowest BCUT2D eigenvalue weighted by atomic mass is 10.0. The van der Waals surface area contributed by atoms with Crippen molar-refractivity contribution in [2.45, 2.75) is 46.7 Å². The number of hydrogen-bond donors (Lipinski definition) is 1. The number of hydrogen-bond acceptors (Lipinski definition) is 3. The Kier molecular flexibility index (Phi) is 6.78. The van der Waals surface area contributed by atoms with Crippen LogP contribution in [-0.2, 0) is 13.0 Å². The number of carbonyl (C=O) groups excluding carboxylic acids is 1. The third kappa shape index (κ3) is 5.08. The Morgan fingerprint density at radius 2 is 1.82 bits per heavy atom. The molecule has 1 aromatic heterocycles. The number of amides is 1. The van der Waals surface area contributed by atoms with Crippen LogP contribution in [0, 0.1) is 13.8 Å². The molecule has 3 aromatic carbocycles. The molecule has 4 aromatic rings. The number of benzene rings is 3. The number of aromatic nitrogens is 2. The van der Waals surface area contributed by atoms with Gasteiger partial charge < -0.3 is 14.6 Å². The van der Waals surface area contributed by atoms with Crippen molar-refractivity contribution in [1.82, 2.24) is 14.9 Å². The van der Waals surface area contributed by atoms with E-state index in [4.69, 9.17) is 9.72 Å². The Hall–Kier alpha value is -3.60. The van der Waals surface area contributed by atoms with Crippen molar-refractivity contribution in [3.63, 3.8) is 0 Å². The van der Waals surface area contributed by atoms with Crippen LogP contribution in [0.4, 0.5) is 0 Å². The minimum absolute atomic E-state index is 0.0918. The summed E-state index contributed by atoms with van der Waals surface area (Å²) in [6, 6.07) is 21.9. The van der Waals surface area contributed by atoms with E-state index >= 15 is 0 Å². The number of imidazole rings is 1. The lowest BCUT2D eigenvalue weighted by Crippen LogP contribution is -2.29. The quantitative estimate of drug-likeness (QED) is 0.377. The van der Waals surface area contributed by atoms with Crippen molar-refractivity contribution >= 4 is 16.9 Å².